The van der Waals surface area contributed by atoms with Crippen molar-refractivity contribution in [2.75, 3.05) is 17.2 Å². The molecule has 0 saturated carbocycles. The molecule has 2 N–H and O–H groups in total. The molecule has 4 aromatic rings. The lowest BCUT2D eigenvalue weighted by molar-refractivity contribution is 0.347. The van der Waals surface area contributed by atoms with Crippen molar-refractivity contribution in [1.82, 2.24) is 20.0 Å². The quantitative estimate of drug-likeness (QED) is 0.289. The number of halogens is 1. The van der Waals surface area contributed by atoms with Crippen LogP contribution in [0.3, 0.4) is 0 Å². The average molecular weight is 528 g/mol. The molecule has 0 bridgehead atoms. The lowest BCUT2D eigenvalue weighted by Gasteiger charge is -2.22. The zero-order valence-corrected chi connectivity index (χ0v) is 23.1. The molecule has 0 radical (unpaired) electrons. The number of nitrogens with zero attached hydrogens (tertiary/aromatic N) is 6. The van der Waals surface area contributed by atoms with E-state index >= 15 is 0 Å². The van der Waals surface area contributed by atoms with Crippen molar-refractivity contribution in [2.24, 2.45) is 5.41 Å². The Morgan fingerprint density at radius 2 is 1.87 bits per heavy atom. The normalized spacial score (nSPS) is 13.8. The molecule has 1 atom stereocenters. The molecule has 38 heavy (non-hydrogen) atoms. The predicted octanol–water partition coefficient (Wildman–Crippen LogP) is 6.64. The SMILES string of the molecule is [2H]C(Nc1cc(Cl)c2ncc(C#N)c(NCC(C)(C)C)c2c1)(c1cccc(C#N)c1)c1cn(C(C)(C)C)nn1. The molecular formula is C29H31ClN8. The molecular weight excluding hydrogens is 496 g/mol. The summed E-state index contributed by atoms with van der Waals surface area (Å²) in [6.45, 7) is 12.9. The Morgan fingerprint density at radius 1 is 1.11 bits per heavy atom. The van der Waals surface area contributed by atoms with E-state index in [0.29, 0.717) is 56.2 Å². The third-order valence-corrected chi connectivity index (χ3v) is 6.12. The lowest BCUT2D eigenvalue weighted by atomic mass is 9.96. The molecule has 2 aromatic heterocycles. The van der Waals surface area contributed by atoms with Crippen LogP contribution in [-0.2, 0) is 5.54 Å². The van der Waals surface area contributed by atoms with Crippen molar-refractivity contribution in [3.8, 4) is 12.1 Å². The molecule has 0 aliphatic rings. The van der Waals surface area contributed by atoms with Gasteiger partial charge in [0.25, 0.3) is 0 Å². The third kappa shape index (κ3) is 5.88. The van der Waals surface area contributed by atoms with Gasteiger partial charge in [0.05, 0.1) is 52.5 Å². The van der Waals surface area contributed by atoms with Crippen LogP contribution in [0.25, 0.3) is 10.9 Å². The molecule has 4 rings (SSSR count). The summed E-state index contributed by atoms with van der Waals surface area (Å²) in [5, 5.41) is 35.7. The van der Waals surface area contributed by atoms with Crippen molar-refractivity contribution in [2.45, 2.75) is 53.1 Å². The molecule has 0 fully saturated rings. The van der Waals surface area contributed by atoms with E-state index < -0.39 is 6.02 Å². The summed E-state index contributed by atoms with van der Waals surface area (Å²) in [4.78, 5) is 4.43. The Balaban J connectivity index is 1.90. The van der Waals surface area contributed by atoms with E-state index in [1.54, 1.807) is 41.2 Å². The van der Waals surface area contributed by atoms with Gasteiger partial charge in [0.15, 0.2) is 0 Å². The number of fused-ring (bicyclic) bond motifs is 1. The van der Waals surface area contributed by atoms with E-state index in [0.717, 1.165) is 0 Å². The summed E-state index contributed by atoms with van der Waals surface area (Å²) in [6, 6.07) is 13.1. The van der Waals surface area contributed by atoms with Crippen LogP contribution < -0.4 is 10.6 Å². The average Bonchev–Trinajstić information content (AvgIpc) is 3.39. The van der Waals surface area contributed by atoms with Gasteiger partial charge in [-0.1, -0.05) is 49.7 Å². The maximum atomic E-state index is 9.79. The largest absolute Gasteiger partial charge is 0.383 e. The number of rotatable bonds is 6. The number of hydrogen-bond acceptors (Lipinski definition) is 7. The molecule has 0 saturated heterocycles. The number of aromatic nitrogens is 4. The number of benzene rings is 2. The highest BCUT2D eigenvalue weighted by Crippen LogP contribution is 2.36. The van der Waals surface area contributed by atoms with Crippen molar-refractivity contribution in [3.63, 3.8) is 0 Å². The minimum Gasteiger partial charge on any atom is -0.383 e. The summed E-state index contributed by atoms with van der Waals surface area (Å²) in [5.74, 6) is 0. The fourth-order valence-corrected chi connectivity index (χ4v) is 4.11. The number of nitriles is 2. The van der Waals surface area contributed by atoms with Crippen LogP contribution in [0.2, 0.25) is 5.02 Å². The van der Waals surface area contributed by atoms with Crippen LogP contribution in [0, 0.1) is 28.1 Å². The molecule has 0 aliphatic carbocycles. The second kappa shape index (κ2) is 10.3. The number of nitrogens with one attached hydrogen (secondary N) is 2. The van der Waals surface area contributed by atoms with Gasteiger partial charge in [-0.2, -0.15) is 10.5 Å². The summed E-state index contributed by atoms with van der Waals surface area (Å²) >= 11 is 6.70. The Morgan fingerprint density at radius 3 is 2.50 bits per heavy atom. The van der Waals surface area contributed by atoms with Crippen molar-refractivity contribution in [1.29, 1.82) is 10.5 Å². The van der Waals surface area contributed by atoms with Gasteiger partial charge in [-0.3, -0.25) is 4.98 Å². The zero-order valence-electron chi connectivity index (χ0n) is 23.4. The monoisotopic (exact) mass is 527 g/mol. The lowest BCUT2D eigenvalue weighted by Crippen LogP contribution is -2.22. The van der Waals surface area contributed by atoms with Crippen molar-refractivity contribution >= 4 is 33.9 Å². The summed E-state index contributed by atoms with van der Waals surface area (Å²) in [6.07, 6.45) is 3.24. The van der Waals surface area contributed by atoms with Crippen LogP contribution in [0.4, 0.5) is 11.4 Å². The Bertz CT molecular complexity index is 1620. The molecule has 2 aromatic carbocycles. The number of anilines is 2. The Labute approximate surface area is 229 Å². The van der Waals surface area contributed by atoms with Gasteiger partial charge in [0.2, 0.25) is 0 Å². The maximum absolute atomic E-state index is 9.79. The van der Waals surface area contributed by atoms with E-state index in [1.165, 1.54) is 6.20 Å². The van der Waals surface area contributed by atoms with Gasteiger partial charge in [0, 0.05) is 23.8 Å². The molecule has 0 spiro atoms. The zero-order chi connectivity index (χ0) is 28.6. The number of pyridine rings is 1. The highest BCUT2D eigenvalue weighted by Gasteiger charge is 2.23. The molecule has 9 heteroatoms. The van der Waals surface area contributed by atoms with E-state index in [4.69, 9.17) is 11.6 Å². The Kier molecular flexibility index (Phi) is 6.93. The van der Waals surface area contributed by atoms with Crippen LogP contribution in [0.1, 0.15) is 71.3 Å². The smallest absolute Gasteiger partial charge is 0.109 e. The van der Waals surface area contributed by atoms with Gasteiger partial charge in [-0.25, -0.2) is 4.68 Å². The first kappa shape index (κ1) is 25.5. The summed E-state index contributed by atoms with van der Waals surface area (Å²) in [5.41, 5.74) is 2.97. The van der Waals surface area contributed by atoms with E-state index in [2.05, 4.69) is 58.8 Å². The van der Waals surface area contributed by atoms with Gasteiger partial charge in [-0.15, -0.1) is 5.10 Å². The van der Waals surface area contributed by atoms with Gasteiger partial charge < -0.3 is 10.6 Å². The highest BCUT2D eigenvalue weighted by molar-refractivity contribution is 6.35. The molecule has 0 amide bonds. The van der Waals surface area contributed by atoms with Gasteiger partial charge in [0.1, 0.15) is 11.8 Å². The fraction of sp³-hybridized carbons (Fsp3) is 0.345. The molecule has 0 aliphatic heterocycles. The molecule has 1 unspecified atom stereocenters. The van der Waals surface area contributed by atoms with Crippen LogP contribution in [0.15, 0.2) is 48.8 Å². The maximum Gasteiger partial charge on any atom is 0.109 e. The second-order valence-corrected chi connectivity index (χ2v) is 11.7. The first-order valence-corrected chi connectivity index (χ1v) is 12.6. The Hall–Kier alpha value is -4.14. The highest BCUT2D eigenvalue weighted by atomic mass is 35.5. The van der Waals surface area contributed by atoms with Gasteiger partial charge in [-0.05, 0) is 56.0 Å². The fourth-order valence-electron chi connectivity index (χ4n) is 3.84. The van der Waals surface area contributed by atoms with Crippen LogP contribution >= 0.6 is 11.6 Å². The van der Waals surface area contributed by atoms with Crippen LogP contribution in [-0.4, -0.2) is 26.5 Å². The van der Waals surface area contributed by atoms with Crippen molar-refractivity contribution in [3.05, 3.63) is 76.2 Å². The van der Waals surface area contributed by atoms with E-state index in [-0.39, 0.29) is 11.0 Å². The molecule has 8 nitrogen and oxygen atoms in total. The summed E-state index contributed by atoms with van der Waals surface area (Å²) < 4.78 is 11.3. The minimum atomic E-state index is -1.62. The minimum absolute atomic E-state index is 0.0387. The van der Waals surface area contributed by atoms with Crippen LogP contribution in [0.5, 0.6) is 0 Å². The topological polar surface area (TPSA) is 115 Å². The summed E-state index contributed by atoms with van der Waals surface area (Å²) in [7, 11) is 0. The molecule has 194 valence electrons. The third-order valence-electron chi connectivity index (χ3n) is 5.83. The predicted molar refractivity (Wildman–Crippen MR) is 151 cm³/mol. The van der Waals surface area contributed by atoms with E-state index in [1.807, 2.05) is 26.8 Å². The standard InChI is InChI=1S/C29H31ClN8/c1-28(2,3)17-34-25-20(14-32)15-33-27-22(25)11-21(12-23(27)30)35-26(19-9-7-8-18(10-19)13-31)24-16-38(37-36-24)29(4,5)6/h7-12,15-16,26,35H,17H2,1-6H3,(H,33,34)/i26D. The first-order chi connectivity index (χ1) is 18.2. The van der Waals surface area contributed by atoms with Crippen molar-refractivity contribution < 1.29 is 1.37 Å². The van der Waals surface area contributed by atoms with E-state index in [9.17, 15) is 11.9 Å². The van der Waals surface area contributed by atoms with Gasteiger partial charge >= 0.3 is 0 Å². The second-order valence-electron chi connectivity index (χ2n) is 11.3. The molecule has 2 heterocycles. The first-order valence-electron chi connectivity index (χ1n) is 12.7. The number of hydrogen-bond donors (Lipinski definition) is 2.